The smallest absolute Gasteiger partial charge is 0.227 e. The molecule has 0 spiro atoms. The predicted octanol–water partition coefficient (Wildman–Crippen LogP) is 2.33. The van der Waals surface area contributed by atoms with Crippen LogP contribution in [-0.4, -0.2) is 72.4 Å². The van der Waals surface area contributed by atoms with Crippen LogP contribution in [0, 0.1) is 0 Å². The summed E-state index contributed by atoms with van der Waals surface area (Å²) >= 11 is 0. The van der Waals surface area contributed by atoms with Crippen molar-refractivity contribution < 1.29 is 4.74 Å². The Morgan fingerprint density at radius 1 is 1.00 bits per heavy atom. The van der Waals surface area contributed by atoms with E-state index in [4.69, 9.17) is 14.7 Å². The van der Waals surface area contributed by atoms with E-state index in [2.05, 4.69) is 45.6 Å². The van der Waals surface area contributed by atoms with Crippen LogP contribution < -0.4 is 14.7 Å². The Hall–Kier alpha value is -2.48. The van der Waals surface area contributed by atoms with Crippen LogP contribution in [0.1, 0.15) is 38.4 Å². The standard InChI is InChI=1S/C21H31N7O/c1-16(2)20-22-8-6-18(24-20)28-10-4-5-17(15-28)26(3)21-23-9-7-19(25-21)27-11-13-29-14-12-27/h6-9,16-17H,4-5,10-15H2,1-3H3. The molecule has 0 aromatic carbocycles. The fourth-order valence-electron chi connectivity index (χ4n) is 3.94. The van der Waals surface area contributed by atoms with Gasteiger partial charge in [-0.1, -0.05) is 13.8 Å². The van der Waals surface area contributed by atoms with Crippen LogP contribution in [0.4, 0.5) is 17.6 Å². The number of anilines is 3. The molecule has 2 fully saturated rings. The highest BCUT2D eigenvalue weighted by Crippen LogP contribution is 2.24. The molecule has 2 saturated heterocycles. The summed E-state index contributed by atoms with van der Waals surface area (Å²) in [6.07, 6.45) is 5.99. The Morgan fingerprint density at radius 3 is 2.48 bits per heavy atom. The van der Waals surface area contributed by atoms with E-state index >= 15 is 0 Å². The SMILES string of the molecule is CC(C)c1nccc(N2CCCC(N(C)c3nccc(N4CCOCC4)n3)C2)n1. The number of hydrogen-bond acceptors (Lipinski definition) is 8. The van der Waals surface area contributed by atoms with Crippen molar-refractivity contribution in [2.45, 2.75) is 38.6 Å². The van der Waals surface area contributed by atoms with Gasteiger partial charge < -0.3 is 19.4 Å². The molecular weight excluding hydrogens is 366 g/mol. The second kappa shape index (κ2) is 8.90. The lowest BCUT2D eigenvalue weighted by Crippen LogP contribution is -2.47. The molecule has 0 N–H and O–H groups in total. The van der Waals surface area contributed by atoms with Crippen LogP contribution in [0.2, 0.25) is 0 Å². The van der Waals surface area contributed by atoms with Crippen LogP contribution >= 0.6 is 0 Å². The van der Waals surface area contributed by atoms with Gasteiger partial charge in [0.25, 0.3) is 0 Å². The number of ether oxygens (including phenoxy) is 1. The van der Waals surface area contributed by atoms with Crippen molar-refractivity contribution in [1.29, 1.82) is 0 Å². The van der Waals surface area contributed by atoms with Gasteiger partial charge >= 0.3 is 0 Å². The molecule has 4 heterocycles. The van der Waals surface area contributed by atoms with Gasteiger partial charge in [0.1, 0.15) is 17.5 Å². The summed E-state index contributed by atoms with van der Waals surface area (Å²) in [6, 6.07) is 4.36. The highest BCUT2D eigenvalue weighted by Gasteiger charge is 2.26. The van der Waals surface area contributed by atoms with Gasteiger partial charge in [0.2, 0.25) is 5.95 Å². The van der Waals surface area contributed by atoms with E-state index in [0.29, 0.717) is 12.0 Å². The van der Waals surface area contributed by atoms with E-state index in [9.17, 15) is 0 Å². The molecule has 29 heavy (non-hydrogen) atoms. The summed E-state index contributed by atoms with van der Waals surface area (Å²) in [5, 5.41) is 0. The molecule has 4 rings (SSSR count). The van der Waals surface area contributed by atoms with Crippen LogP contribution in [0.25, 0.3) is 0 Å². The highest BCUT2D eigenvalue weighted by atomic mass is 16.5. The van der Waals surface area contributed by atoms with E-state index in [1.807, 2.05) is 24.5 Å². The highest BCUT2D eigenvalue weighted by molar-refractivity contribution is 5.45. The van der Waals surface area contributed by atoms with E-state index in [1.54, 1.807) is 0 Å². The molecule has 2 aromatic heterocycles. The fourth-order valence-corrected chi connectivity index (χ4v) is 3.94. The topological polar surface area (TPSA) is 70.5 Å². The predicted molar refractivity (Wildman–Crippen MR) is 115 cm³/mol. The van der Waals surface area contributed by atoms with Gasteiger partial charge in [0.05, 0.1) is 13.2 Å². The fraction of sp³-hybridized carbons (Fsp3) is 0.619. The van der Waals surface area contributed by atoms with E-state index in [-0.39, 0.29) is 0 Å². The van der Waals surface area contributed by atoms with Crippen molar-refractivity contribution in [2.75, 3.05) is 61.1 Å². The van der Waals surface area contributed by atoms with Crippen LogP contribution in [-0.2, 0) is 4.74 Å². The summed E-state index contributed by atoms with van der Waals surface area (Å²) in [4.78, 5) is 25.5. The summed E-state index contributed by atoms with van der Waals surface area (Å²) in [5.74, 6) is 4.01. The Bertz CT molecular complexity index is 809. The minimum Gasteiger partial charge on any atom is -0.378 e. The molecule has 1 atom stereocenters. The zero-order valence-electron chi connectivity index (χ0n) is 17.7. The second-order valence-electron chi connectivity index (χ2n) is 8.09. The monoisotopic (exact) mass is 397 g/mol. The van der Waals surface area contributed by atoms with Crippen molar-refractivity contribution in [3.05, 3.63) is 30.4 Å². The minimum atomic E-state index is 0.328. The summed E-state index contributed by atoms with van der Waals surface area (Å²) < 4.78 is 5.46. The third-order valence-electron chi connectivity index (χ3n) is 5.72. The zero-order valence-corrected chi connectivity index (χ0v) is 17.7. The number of aromatic nitrogens is 4. The van der Waals surface area contributed by atoms with Gasteiger partial charge in [0.15, 0.2) is 0 Å². The number of morpholine rings is 1. The Kier molecular flexibility index (Phi) is 6.08. The molecular formula is C21H31N7O. The van der Waals surface area contributed by atoms with E-state index in [1.165, 1.54) is 0 Å². The number of hydrogen-bond donors (Lipinski definition) is 0. The molecule has 1 unspecified atom stereocenters. The molecule has 8 nitrogen and oxygen atoms in total. The summed E-state index contributed by atoms with van der Waals surface area (Å²) in [5.41, 5.74) is 0. The second-order valence-corrected chi connectivity index (χ2v) is 8.09. The van der Waals surface area contributed by atoms with Crippen molar-refractivity contribution >= 4 is 17.6 Å². The Labute approximate surface area is 172 Å². The van der Waals surface area contributed by atoms with Gasteiger partial charge in [-0.25, -0.2) is 15.0 Å². The van der Waals surface area contributed by atoms with E-state index in [0.717, 1.165) is 75.6 Å². The van der Waals surface area contributed by atoms with Gasteiger partial charge in [-0.05, 0) is 25.0 Å². The Balaban J connectivity index is 1.47. The largest absolute Gasteiger partial charge is 0.378 e. The first-order chi connectivity index (χ1) is 14.1. The quantitative estimate of drug-likeness (QED) is 0.761. The lowest BCUT2D eigenvalue weighted by Gasteiger charge is -2.38. The first-order valence-electron chi connectivity index (χ1n) is 10.6. The number of nitrogens with zero attached hydrogens (tertiary/aromatic N) is 7. The van der Waals surface area contributed by atoms with Crippen LogP contribution in [0.5, 0.6) is 0 Å². The number of likely N-dealkylation sites (N-methyl/N-ethyl adjacent to an activating group) is 1. The molecule has 0 bridgehead atoms. The van der Waals surface area contributed by atoms with Crippen LogP contribution in [0.15, 0.2) is 24.5 Å². The average molecular weight is 398 g/mol. The summed E-state index contributed by atoms with van der Waals surface area (Å²) in [6.45, 7) is 9.46. The maximum absolute atomic E-state index is 5.46. The molecule has 0 radical (unpaired) electrons. The lowest BCUT2D eigenvalue weighted by molar-refractivity contribution is 0.122. The first kappa shape index (κ1) is 19.8. The third-order valence-corrected chi connectivity index (χ3v) is 5.72. The van der Waals surface area contributed by atoms with Gasteiger partial charge in [-0.3, -0.25) is 0 Å². The van der Waals surface area contributed by atoms with Crippen molar-refractivity contribution in [3.8, 4) is 0 Å². The molecule has 2 aliphatic rings. The van der Waals surface area contributed by atoms with Gasteiger partial charge in [0, 0.05) is 57.6 Å². The normalized spacial score (nSPS) is 20.2. The first-order valence-corrected chi connectivity index (χ1v) is 10.6. The molecule has 0 amide bonds. The van der Waals surface area contributed by atoms with Crippen molar-refractivity contribution in [1.82, 2.24) is 19.9 Å². The molecule has 2 aromatic rings. The Morgan fingerprint density at radius 2 is 1.72 bits per heavy atom. The minimum absolute atomic E-state index is 0.328. The molecule has 156 valence electrons. The molecule has 0 aliphatic carbocycles. The maximum Gasteiger partial charge on any atom is 0.227 e. The zero-order chi connectivity index (χ0) is 20.2. The third kappa shape index (κ3) is 4.58. The lowest BCUT2D eigenvalue weighted by atomic mass is 10.0. The molecule has 0 saturated carbocycles. The van der Waals surface area contributed by atoms with Gasteiger partial charge in [-0.15, -0.1) is 0 Å². The van der Waals surface area contributed by atoms with Crippen molar-refractivity contribution in [3.63, 3.8) is 0 Å². The number of rotatable bonds is 5. The maximum atomic E-state index is 5.46. The average Bonchev–Trinajstić information content (AvgIpc) is 2.79. The van der Waals surface area contributed by atoms with E-state index < -0.39 is 0 Å². The van der Waals surface area contributed by atoms with Gasteiger partial charge in [-0.2, -0.15) is 4.98 Å². The number of piperidine rings is 1. The van der Waals surface area contributed by atoms with Crippen LogP contribution in [0.3, 0.4) is 0 Å². The summed E-state index contributed by atoms with van der Waals surface area (Å²) in [7, 11) is 2.10. The molecule has 2 aliphatic heterocycles. The molecule has 8 heteroatoms. The van der Waals surface area contributed by atoms with Crippen molar-refractivity contribution in [2.24, 2.45) is 0 Å².